The second-order valence-corrected chi connectivity index (χ2v) is 6.14. The van der Waals surface area contributed by atoms with E-state index in [2.05, 4.69) is 15.3 Å². The van der Waals surface area contributed by atoms with E-state index in [9.17, 15) is 13.6 Å². The van der Waals surface area contributed by atoms with Crippen LogP contribution < -0.4 is 10.1 Å². The number of aliphatic imine (C=N–C) groups is 1. The molecule has 1 unspecified atom stereocenters. The second kappa shape index (κ2) is 7.28. The van der Waals surface area contributed by atoms with Gasteiger partial charge in [0.05, 0.1) is 31.0 Å². The van der Waals surface area contributed by atoms with Crippen molar-refractivity contribution in [1.29, 1.82) is 0 Å². The Morgan fingerprint density at radius 1 is 1.33 bits per heavy atom. The zero-order valence-electron chi connectivity index (χ0n) is 15.0. The molecule has 0 fully saturated rings. The maximum Gasteiger partial charge on any atom is 0.229 e. The van der Waals surface area contributed by atoms with Crippen LogP contribution in [0.2, 0.25) is 0 Å². The highest BCUT2D eigenvalue weighted by atomic mass is 19.1. The molecular formula is C18H18F2N4O3. The van der Waals surface area contributed by atoms with Crippen LogP contribution in [0.4, 0.5) is 14.5 Å². The van der Waals surface area contributed by atoms with Gasteiger partial charge >= 0.3 is 0 Å². The van der Waals surface area contributed by atoms with Crippen molar-refractivity contribution in [1.82, 2.24) is 10.0 Å². The van der Waals surface area contributed by atoms with Crippen molar-refractivity contribution in [2.75, 3.05) is 19.5 Å². The molecule has 2 heterocycles. The van der Waals surface area contributed by atoms with E-state index in [1.54, 1.807) is 19.1 Å². The Labute approximate surface area is 154 Å². The Balaban J connectivity index is 1.74. The summed E-state index contributed by atoms with van der Waals surface area (Å²) in [6.07, 6.45) is 1.32. The van der Waals surface area contributed by atoms with Crippen LogP contribution in [0.3, 0.4) is 0 Å². The molecule has 0 spiro atoms. The van der Waals surface area contributed by atoms with E-state index in [1.807, 2.05) is 0 Å². The molecule has 1 amide bonds. The first kappa shape index (κ1) is 18.7. The van der Waals surface area contributed by atoms with Gasteiger partial charge < -0.3 is 10.1 Å². The molecule has 1 N–H and O–H groups in total. The number of nitrogens with zero attached hydrogens (tertiary/aromatic N) is 3. The topological polar surface area (TPSA) is 76.0 Å². The molecule has 2 aromatic rings. The van der Waals surface area contributed by atoms with Crippen LogP contribution >= 0.6 is 0 Å². The van der Waals surface area contributed by atoms with E-state index in [1.165, 1.54) is 25.4 Å². The first-order valence-electron chi connectivity index (χ1n) is 8.08. The Kier molecular flexibility index (Phi) is 5.04. The Bertz CT molecular complexity index is 889. The first-order chi connectivity index (χ1) is 12.8. The fourth-order valence-electron chi connectivity index (χ4n) is 2.70. The SMILES string of the molecule is COc1ccc(NC(=O)CC2(C)N=C(c3cc(F)ccc3F)N(C)O2)cn1. The number of ether oxygens (including phenoxy) is 1. The van der Waals surface area contributed by atoms with E-state index in [4.69, 9.17) is 9.57 Å². The summed E-state index contributed by atoms with van der Waals surface area (Å²) in [5, 5.41) is 3.90. The van der Waals surface area contributed by atoms with Gasteiger partial charge in [-0.1, -0.05) is 0 Å². The number of amides is 1. The van der Waals surface area contributed by atoms with E-state index in [0.717, 1.165) is 18.2 Å². The van der Waals surface area contributed by atoms with Gasteiger partial charge in [0.2, 0.25) is 11.8 Å². The minimum atomic E-state index is -1.26. The number of benzene rings is 1. The summed E-state index contributed by atoms with van der Waals surface area (Å²) in [5.74, 6) is -1.08. The number of halogens is 2. The van der Waals surface area contributed by atoms with Crippen molar-refractivity contribution in [3.05, 3.63) is 53.7 Å². The maximum absolute atomic E-state index is 14.0. The summed E-state index contributed by atoms with van der Waals surface area (Å²) in [6, 6.07) is 6.32. The van der Waals surface area contributed by atoms with E-state index < -0.39 is 17.4 Å². The molecular weight excluding hydrogens is 358 g/mol. The molecule has 3 rings (SSSR count). The van der Waals surface area contributed by atoms with Crippen LogP contribution in [0, 0.1) is 11.6 Å². The molecule has 142 valence electrons. The zero-order valence-corrected chi connectivity index (χ0v) is 15.0. The minimum Gasteiger partial charge on any atom is -0.481 e. The predicted octanol–water partition coefficient (Wildman–Crippen LogP) is 2.74. The number of aromatic nitrogens is 1. The number of hydrogen-bond donors (Lipinski definition) is 1. The van der Waals surface area contributed by atoms with Gasteiger partial charge in [-0.05, 0) is 31.2 Å². The number of anilines is 1. The zero-order chi connectivity index (χ0) is 19.6. The van der Waals surface area contributed by atoms with Crippen molar-refractivity contribution < 1.29 is 23.1 Å². The standard InChI is InChI=1S/C18H18F2N4O3/c1-18(9-15(25)22-12-5-7-16(26-3)21-10-12)23-17(24(2)27-18)13-8-11(19)4-6-14(13)20/h4-8,10H,9H2,1-3H3,(H,22,25). The molecule has 0 saturated carbocycles. The number of rotatable bonds is 5. The summed E-state index contributed by atoms with van der Waals surface area (Å²) < 4.78 is 32.5. The largest absolute Gasteiger partial charge is 0.481 e. The molecule has 1 aromatic heterocycles. The number of amidine groups is 1. The van der Waals surface area contributed by atoms with Gasteiger partial charge in [-0.25, -0.2) is 28.7 Å². The quantitative estimate of drug-likeness (QED) is 0.868. The van der Waals surface area contributed by atoms with Crippen LogP contribution in [0.1, 0.15) is 18.9 Å². The molecule has 1 aliphatic heterocycles. The van der Waals surface area contributed by atoms with Crippen molar-refractivity contribution in [2.24, 2.45) is 4.99 Å². The lowest BCUT2D eigenvalue weighted by atomic mass is 10.1. The Morgan fingerprint density at radius 3 is 2.78 bits per heavy atom. The third kappa shape index (κ3) is 4.20. The van der Waals surface area contributed by atoms with E-state index in [-0.39, 0.29) is 23.7 Å². The van der Waals surface area contributed by atoms with E-state index in [0.29, 0.717) is 11.6 Å². The highest BCUT2D eigenvalue weighted by molar-refractivity contribution is 6.00. The number of nitrogens with one attached hydrogen (secondary N) is 1. The average Bonchev–Trinajstić information content (AvgIpc) is 2.91. The summed E-state index contributed by atoms with van der Waals surface area (Å²) in [4.78, 5) is 26.2. The molecule has 1 aliphatic rings. The number of carbonyl (C=O) groups is 1. The lowest BCUT2D eigenvalue weighted by molar-refractivity contribution is -0.164. The summed E-state index contributed by atoms with van der Waals surface area (Å²) in [7, 11) is 3.01. The minimum absolute atomic E-state index is 0.0408. The fourth-order valence-corrected chi connectivity index (χ4v) is 2.70. The van der Waals surface area contributed by atoms with Gasteiger partial charge in [-0.2, -0.15) is 0 Å². The molecule has 0 aliphatic carbocycles. The first-order valence-corrected chi connectivity index (χ1v) is 8.08. The van der Waals surface area contributed by atoms with Gasteiger partial charge in [0.15, 0.2) is 11.6 Å². The van der Waals surface area contributed by atoms with E-state index >= 15 is 0 Å². The highest BCUT2D eigenvalue weighted by Gasteiger charge is 2.38. The Hall–Kier alpha value is -3.07. The van der Waals surface area contributed by atoms with Crippen LogP contribution in [-0.4, -0.2) is 41.7 Å². The van der Waals surface area contributed by atoms with Crippen LogP contribution in [0.15, 0.2) is 41.5 Å². The summed E-state index contributed by atoms with van der Waals surface area (Å²) in [6.45, 7) is 1.58. The third-order valence-electron chi connectivity index (χ3n) is 3.86. The highest BCUT2D eigenvalue weighted by Crippen LogP contribution is 2.29. The molecule has 0 saturated heterocycles. The van der Waals surface area contributed by atoms with Gasteiger partial charge in [0.25, 0.3) is 0 Å². The monoisotopic (exact) mass is 376 g/mol. The van der Waals surface area contributed by atoms with Gasteiger partial charge in [-0.15, -0.1) is 0 Å². The summed E-state index contributed by atoms with van der Waals surface area (Å²) >= 11 is 0. The maximum atomic E-state index is 14.0. The molecule has 9 heteroatoms. The number of carbonyl (C=O) groups excluding carboxylic acids is 1. The molecule has 7 nitrogen and oxygen atoms in total. The van der Waals surface area contributed by atoms with Crippen molar-refractivity contribution in [3.63, 3.8) is 0 Å². The van der Waals surface area contributed by atoms with Crippen molar-refractivity contribution in [3.8, 4) is 5.88 Å². The third-order valence-corrected chi connectivity index (χ3v) is 3.86. The van der Waals surface area contributed by atoms with Gasteiger partial charge in [-0.3, -0.25) is 4.79 Å². The molecule has 1 aromatic carbocycles. The lowest BCUT2D eigenvalue weighted by Crippen LogP contribution is -2.32. The van der Waals surface area contributed by atoms with Crippen LogP contribution in [0.25, 0.3) is 0 Å². The van der Waals surface area contributed by atoms with Crippen molar-refractivity contribution in [2.45, 2.75) is 19.1 Å². The van der Waals surface area contributed by atoms with Gasteiger partial charge in [0, 0.05) is 13.1 Å². The average molecular weight is 376 g/mol. The number of pyridine rings is 1. The molecule has 1 atom stereocenters. The molecule has 0 bridgehead atoms. The van der Waals surface area contributed by atoms with Crippen molar-refractivity contribution >= 4 is 17.4 Å². The molecule has 27 heavy (non-hydrogen) atoms. The Morgan fingerprint density at radius 2 is 2.11 bits per heavy atom. The summed E-state index contributed by atoms with van der Waals surface area (Å²) in [5.41, 5.74) is -0.815. The van der Waals surface area contributed by atoms with Crippen LogP contribution in [-0.2, 0) is 9.63 Å². The fraction of sp³-hybridized carbons (Fsp3) is 0.278. The molecule has 0 radical (unpaired) electrons. The normalized spacial score (nSPS) is 19.0. The predicted molar refractivity (Wildman–Crippen MR) is 94.2 cm³/mol. The number of hydrogen-bond acceptors (Lipinski definition) is 6. The van der Waals surface area contributed by atoms with Gasteiger partial charge in [0.1, 0.15) is 11.6 Å². The number of methoxy groups -OCH3 is 1. The van der Waals surface area contributed by atoms with Crippen LogP contribution in [0.5, 0.6) is 5.88 Å². The second-order valence-electron chi connectivity index (χ2n) is 6.14. The smallest absolute Gasteiger partial charge is 0.229 e. The number of hydroxylamine groups is 2. The lowest BCUT2D eigenvalue weighted by Gasteiger charge is -2.21.